The number of benzene rings is 1. The maximum Gasteiger partial charge on any atom is 0.123 e. The first-order valence-electron chi connectivity index (χ1n) is 6.00. The minimum atomic E-state index is -0.234. The normalized spacial score (nSPS) is 12.4. The number of hydrogen-bond donors (Lipinski definition) is 1. The Kier molecular flexibility index (Phi) is 3.99. The van der Waals surface area contributed by atoms with Crippen LogP contribution < -0.4 is 10.6 Å². The zero-order valence-corrected chi connectivity index (χ0v) is 10.3. The Hall–Kier alpha value is -1.81. The van der Waals surface area contributed by atoms with Crippen LogP contribution in [0.5, 0.6) is 0 Å². The van der Waals surface area contributed by atoms with E-state index in [1.165, 1.54) is 12.1 Å². The van der Waals surface area contributed by atoms with E-state index < -0.39 is 0 Å². The first kappa shape index (κ1) is 12.6. The van der Waals surface area contributed by atoms with Gasteiger partial charge in [-0.3, -0.25) is 0 Å². The van der Waals surface area contributed by atoms with Crippen molar-refractivity contribution in [2.45, 2.75) is 13.0 Å². The van der Waals surface area contributed by atoms with Gasteiger partial charge in [0.15, 0.2) is 0 Å². The molecule has 1 aromatic heterocycles. The van der Waals surface area contributed by atoms with Gasteiger partial charge >= 0.3 is 0 Å². The van der Waals surface area contributed by atoms with E-state index >= 15 is 0 Å². The van der Waals surface area contributed by atoms with Crippen molar-refractivity contribution >= 4 is 5.69 Å². The molecule has 0 bridgehead atoms. The SMILES string of the molecule is CCN(c1ccc(F)cc1)C(CN)c1ccoc1. The summed E-state index contributed by atoms with van der Waals surface area (Å²) in [6, 6.07) is 8.40. The number of hydrogen-bond acceptors (Lipinski definition) is 3. The maximum absolute atomic E-state index is 13.0. The van der Waals surface area contributed by atoms with Gasteiger partial charge in [0, 0.05) is 24.3 Å². The highest BCUT2D eigenvalue weighted by Crippen LogP contribution is 2.26. The largest absolute Gasteiger partial charge is 0.472 e. The van der Waals surface area contributed by atoms with Crippen molar-refractivity contribution in [2.24, 2.45) is 5.73 Å². The van der Waals surface area contributed by atoms with Crippen LogP contribution >= 0.6 is 0 Å². The molecule has 0 aliphatic heterocycles. The van der Waals surface area contributed by atoms with Crippen molar-refractivity contribution in [1.29, 1.82) is 0 Å². The molecule has 18 heavy (non-hydrogen) atoms. The van der Waals surface area contributed by atoms with Gasteiger partial charge in [-0.2, -0.15) is 0 Å². The molecule has 1 aromatic carbocycles. The number of anilines is 1. The van der Waals surface area contributed by atoms with E-state index in [4.69, 9.17) is 10.2 Å². The second kappa shape index (κ2) is 5.69. The lowest BCUT2D eigenvalue weighted by atomic mass is 10.1. The van der Waals surface area contributed by atoms with Crippen LogP contribution in [-0.4, -0.2) is 13.1 Å². The lowest BCUT2D eigenvalue weighted by Gasteiger charge is -2.31. The highest BCUT2D eigenvalue weighted by molar-refractivity contribution is 5.48. The van der Waals surface area contributed by atoms with Gasteiger partial charge < -0.3 is 15.1 Å². The summed E-state index contributed by atoms with van der Waals surface area (Å²) in [4.78, 5) is 2.13. The van der Waals surface area contributed by atoms with Gasteiger partial charge in [-0.05, 0) is 37.3 Å². The standard InChI is InChI=1S/C14H17FN2O/c1-2-17(13-5-3-12(15)4-6-13)14(9-16)11-7-8-18-10-11/h3-8,10,14H,2,9,16H2,1H3. The summed E-state index contributed by atoms with van der Waals surface area (Å²) in [5, 5.41) is 0. The summed E-state index contributed by atoms with van der Waals surface area (Å²) in [7, 11) is 0. The van der Waals surface area contributed by atoms with Crippen LogP contribution in [0, 0.1) is 5.82 Å². The lowest BCUT2D eigenvalue weighted by molar-refractivity contribution is 0.553. The Balaban J connectivity index is 2.29. The molecule has 0 radical (unpaired) electrons. The first-order valence-corrected chi connectivity index (χ1v) is 6.00. The Morgan fingerprint density at radius 2 is 2.00 bits per heavy atom. The number of likely N-dealkylation sites (N-methyl/N-ethyl adjacent to an activating group) is 1. The molecule has 2 N–H and O–H groups in total. The van der Waals surface area contributed by atoms with Crippen LogP contribution in [-0.2, 0) is 0 Å². The third-order valence-corrected chi connectivity index (χ3v) is 3.03. The molecule has 3 nitrogen and oxygen atoms in total. The number of nitrogens with zero attached hydrogens (tertiary/aromatic N) is 1. The minimum absolute atomic E-state index is 0.0409. The smallest absolute Gasteiger partial charge is 0.123 e. The van der Waals surface area contributed by atoms with E-state index in [-0.39, 0.29) is 11.9 Å². The van der Waals surface area contributed by atoms with Crippen molar-refractivity contribution in [3.05, 3.63) is 54.2 Å². The monoisotopic (exact) mass is 248 g/mol. The quantitative estimate of drug-likeness (QED) is 0.884. The molecule has 2 aromatic rings. The number of rotatable bonds is 5. The van der Waals surface area contributed by atoms with Crippen molar-refractivity contribution in [3.63, 3.8) is 0 Å². The third-order valence-electron chi connectivity index (χ3n) is 3.03. The average molecular weight is 248 g/mol. The van der Waals surface area contributed by atoms with E-state index in [0.29, 0.717) is 6.54 Å². The summed E-state index contributed by atoms with van der Waals surface area (Å²) in [6.07, 6.45) is 3.33. The molecule has 1 unspecified atom stereocenters. The Morgan fingerprint density at radius 3 is 2.50 bits per heavy atom. The van der Waals surface area contributed by atoms with Gasteiger partial charge in [-0.1, -0.05) is 0 Å². The van der Waals surface area contributed by atoms with Gasteiger partial charge in [0.05, 0.1) is 18.6 Å². The molecule has 1 atom stereocenters. The molecule has 4 heteroatoms. The molecular formula is C14H17FN2O. The molecule has 0 saturated carbocycles. The number of nitrogens with two attached hydrogens (primary N) is 1. The highest BCUT2D eigenvalue weighted by Gasteiger charge is 2.19. The predicted octanol–water partition coefficient (Wildman–Crippen LogP) is 2.95. The van der Waals surface area contributed by atoms with Gasteiger partial charge in [-0.15, -0.1) is 0 Å². The topological polar surface area (TPSA) is 42.4 Å². The molecule has 0 fully saturated rings. The lowest BCUT2D eigenvalue weighted by Crippen LogP contribution is -2.33. The van der Waals surface area contributed by atoms with Gasteiger partial charge in [-0.25, -0.2) is 4.39 Å². The molecule has 0 aliphatic carbocycles. The summed E-state index contributed by atoms with van der Waals surface area (Å²) in [5.74, 6) is -0.234. The molecule has 1 heterocycles. The van der Waals surface area contributed by atoms with Crippen LogP contribution in [0.3, 0.4) is 0 Å². The Bertz CT molecular complexity index is 467. The van der Waals surface area contributed by atoms with Crippen LogP contribution in [0.4, 0.5) is 10.1 Å². The maximum atomic E-state index is 13.0. The molecular weight excluding hydrogens is 231 g/mol. The van der Waals surface area contributed by atoms with Crippen molar-refractivity contribution in [3.8, 4) is 0 Å². The van der Waals surface area contributed by atoms with Crippen molar-refractivity contribution in [2.75, 3.05) is 18.0 Å². The molecule has 0 amide bonds. The summed E-state index contributed by atoms with van der Waals surface area (Å²) in [5.41, 5.74) is 7.84. The summed E-state index contributed by atoms with van der Waals surface area (Å²) < 4.78 is 18.1. The van der Waals surface area contributed by atoms with Gasteiger partial charge in [0.25, 0.3) is 0 Å². The molecule has 96 valence electrons. The number of halogens is 1. The Morgan fingerprint density at radius 1 is 1.28 bits per heavy atom. The second-order valence-electron chi connectivity index (χ2n) is 4.07. The van der Waals surface area contributed by atoms with Crippen molar-refractivity contribution < 1.29 is 8.81 Å². The van der Waals surface area contributed by atoms with Crippen LogP contribution in [0.1, 0.15) is 18.5 Å². The fourth-order valence-corrected chi connectivity index (χ4v) is 2.12. The minimum Gasteiger partial charge on any atom is -0.472 e. The second-order valence-corrected chi connectivity index (χ2v) is 4.07. The molecule has 0 saturated heterocycles. The third kappa shape index (κ3) is 2.54. The zero-order chi connectivity index (χ0) is 13.0. The molecule has 0 aliphatic rings. The molecule has 0 spiro atoms. The van der Waals surface area contributed by atoms with Crippen LogP contribution in [0.25, 0.3) is 0 Å². The predicted molar refractivity (Wildman–Crippen MR) is 69.9 cm³/mol. The van der Waals surface area contributed by atoms with E-state index in [1.807, 2.05) is 13.0 Å². The zero-order valence-electron chi connectivity index (χ0n) is 10.3. The fraction of sp³-hybridized carbons (Fsp3) is 0.286. The van der Waals surface area contributed by atoms with E-state index in [0.717, 1.165) is 17.8 Å². The fourth-order valence-electron chi connectivity index (χ4n) is 2.12. The van der Waals surface area contributed by atoms with Crippen LogP contribution in [0.15, 0.2) is 47.3 Å². The van der Waals surface area contributed by atoms with E-state index in [1.54, 1.807) is 24.7 Å². The van der Waals surface area contributed by atoms with Gasteiger partial charge in [0.2, 0.25) is 0 Å². The van der Waals surface area contributed by atoms with Crippen molar-refractivity contribution in [1.82, 2.24) is 0 Å². The number of furan rings is 1. The average Bonchev–Trinajstić information content (AvgIpc) is 2.91. The van der Waals surface area contributed by atoms with E-state index in [9.17, 15) is 4.39 Å². The summed E-state index contributed by atoms with van der Waals surface area (Å²) >= 11 is 0. The molecule has 2 rings (SSSR count). The van der Waals surface area contributed by atoms with Gasteiger partial charge in [0.1, 0.15) is 5.82 Å². The van der Waals surface area contributed by atoms with Crippen LogP contribution in [0.2, 0.25) is 0 Å². The first-order chi connectivity index (χ1) is 8.76. The summed E-state index contributed by atoms with van der Waals surface area (Å²) in [6.45, 7) is 3.32. The highest BCUT2D eigenvalue weighted by atomic mass is 19.1. The Labute approximate surface area is 106 Å². The van der Waals surface area contributed by atoms with E-state index in [2.05, 4.69) is 4.90 Å².